The lowest BCUT2D eigenvalue weighted by Crippen LogP contribution is -2.41. The second kappa shape index (κ2) is 9.92. The van der Waals surface area contributed by atoms with E-state index >= 15 is 0 Å². The first-order valence-corrected chi connectivity index (χ1v) is 11.5. The molecule has 0 bridgehead atoms. The fraction of sp³-hybridized carbons (Fsp3) is 0.364. The number of rotatable bonds is 6. The number of alkyl halides is 3. The smallest absolute Gasteiger partial charge is 0.417 e. The fourth-order valence-corrected chi connectivity index (χ4v) is 5.28. The molecule has 0 aliphatic carbocycles. The van der Waals surface area contributed by atoms with Gasteiger partial charge in [0.25, 0.3) is 0 Å². The number of hydrogen-bond donors (Lipinski definition) is 0. The minimum Gasteiger partial charge on any atom is -0.466 e. The summed E-state index contributed by atoms with van der Waals surface area (Å²) in [7, 11) is -3.26. The Bertz CT molecular complexity index is 1100. The van der Waals surface area contributed by atoms with Crippen molar-refractivity contribution in [2.24, 2.45) is 5.92 Å². The Morgan fingerprint density at radius 3 is 2.15 bits per heavy atom. The molecule has 11 heteroatoms. The topological polar surface area (TPSA) is 90.0 Å². The molecule has 1 fully saturated rings. The highest BCUT2D eigenvalue weighted by molar-refractivity contribution is 7.89. The minimum absolute atomic E-state index is 0.0366. The van der Waals surface area contributed by atoms with Gasteiger partial charge >= 0.3 is 18.1 Å². The number of piperidine rings is 1. The highest BCUT2D eigenvalue weighted by Crippen LogP contribution is 2.36. The SMILES string of the molecule is COC(=O)C(OC(=O)C1CCN(S(=O)(=O)c2ccccc2C(F)(F)F)CC1)c1ccccc1. The van der Waals surface area contributed by atoms with Crippen molar-refractivity contribution in [3.8, 4) is 0 Å². The van der Waals surface area contributed by atoms with E-state index < -0.39 is 50.6 Å². The van der Waals surface area contributed by atoms with E-state index in [1.54, 1.807) is 30.3 Å². The number of halogens is 3. The van der Waals surface area contributed by atoms with Crippen molar-refractivity contribution < 1.29 is 40.7 Å². The lowest BCUT2D eigenvalue weighted by Gasteiger charge is -2.31. The van der Waals surface area contributed by atoms with Crippen LogP contribution < -0.4 is 0 Å². The molecule has 2 aromatic carbocycles. The van der Waals surface area contributed by atoms with Gasteiger partial charge in [-0.2, -0.15) is 17.5 Å². The van der Waals surface area contributed by atoms with E-state index in [0.29, 0.717) is 11.6 Å². The minimum atomic E-state index is -4.83. The summed E-state index contributed by atoms with van der Waals surface area (Å²) < 4.78 is 76.6. The van der Waals surface area contributed by atoms with Crippen LogP contribution in [0.15, 0.2) is 59.5 Å². The lowest BCUT2D eigenvalue weighted by atomic mass is 9.98. The van der Waals surface area contributed by atoms with Gasteiger partial charge in [-0.15, -0.1) is 0 Å². The van der Waals surface area contributed by atoms with Gasteiger partial charge < -0.3 is 9.47 Å². The molecule has 0 saturated carbocycles. The Kier molecular flexibility index (Phi) is 7.43. The summed E-state index contributed by atoms with van der Waals surface area (Å²) in [6.07, 6.45) is -6.03. The molecule has 0 radical (unpaired) electrons. The zero-order valence-electron chi connectivity index (χ0n) is 17.6. The third kappa shape index (κ3) is 5.53. The van der Waals surface area contributed by atoms with Crippen LogP contribution in [-0.2, 0) is 35.3 Å². The average molecular weight is 485 g/mol. The zero-order chi connectivity index (χ0) is 24.2. The number of nitrogens with zero attached hydrogens (tertiary/aromatic N) is 1. The highest BCUT2D eigenvalue weighted by atomic mass is 32.2. The quantitative estimate of drug-likeness (QED) is 0.582. The lowest BCUT2D eigenvalue weighted by molar-refractivity contribution is -0.170. The van der Waals surface area contributed by atoms with E-state index in [0.717, 1.165) is 23.5 Å². The number of ether oxygens (including phenoxy) is 2. The van der Waals surface area contributed by atoms with E-state index in [1.165, 1.54) is 6.07 Å². The number of sulfonamides is 1. The number of hydrogen-bond acceptors (Lipinski definition) is 6. The molecule has 1 atom stereocenters. The number of methoxy groups -OCH3 is 1. The molecule has 0 spiro atoms. The van der Waals surface area contributed by atoms with Gasteiger partial charge in [0.15, 0.2) is 0 Å². The molecule has 1 aliphatic rings. The molecule has 1 unspecified atom stereocenters. The van der Waals surface area contributed by atoms with Gasteiger partial charge in [-0.1, -0.05) is 42.5 Å². The summed E-state index contributed by atoms with van der Waals surface area (Å²) >= 11 is 0. The summed E-state index contributed by atoms with van der Waals surface area (Å²) in [4.78, 5) is 23.9. The van der Waals surface area contributed by atoms with Crippen LogP contribution in [0.25, 0.3) is 0 Å². The molecule has 2 aromatic rings. The normalized spacial score (nSPS) is 16.7. The van der Waals surface area contributed by atoms with Crippen LogP contribution in [0.2, 0.25) is 0 Å². The van der Waals surface area contributed by atoms with E-state index in [1.807, 2.05) is 0 Å². The van der Waals surface area contributed by atoms with Gasteiger partial charge in [-0.3, -0.25) is 4.79 Å². The van der Waals surface area contributed by atoms with Gasteiger partial charge in [0, 0.05) is 18.7 Å². The number of benzene rings is 2. The van der Waals surface area contributed by atoms with Gasteiger partial charge in [0.05, 0.1) is 23.5 Å². The van der Waals surface area contributed by atoms with Crippen molar-refractivity contribution in [1.29, 1.82) is 0 Å². The summed E-state index contributed by atoms with van der Waals surface area (Å²) in [6, 6.07) is 12.2. The maximum absolute atomic E-state index is 13.3. The van der Waals surface area contributed by atoms with E-state index in [9.17, 15) is 31.2 Å². The van der Waals surface area contributed by atoms with E-state index in [-0.39, 0.29) is 25.9 Å². The molecule has 0 aromatic heterocycles. The first-order valence-electron chi connectivity index (χ1n) is 10.1. The second-order valence-electron chi connectivity index (χ2n) is 7.42. The van der Waals surface area contributed by atoms with Crippen molar-refractivity contribution in [1.82, 2.24) is 4.31 Å². The average Bonchev–Trinajstić information content (AvgIpc) is 2.82. The summed E-state index contributed by atoms with van der Waals surface area (Å²) in [6.45, 7) is -0.328. The van der Waals surface area contributed by atoms with E-state index in [4.69, 9.17) is 9.47 Å². The van der Waals surface area contributed by atoms with Crippen LogP contribution in [0.1, 0.15) is 30.1 Å². The molecule has 1 heterocycles. The van der Waals surface area contributed by atoms with Crippen LogP contribution in [0.3, 0.4) is 0 Å². The molecular weight excluding hydrogens is 463 g/mol. The van der Waals surface area contributed by atoms with Gasteiger partial charge in [-0.05, 0) is 25.0 Å². The Balaban J connectivity index is 1.71. The predicted molar refractivity (Wildman–Crippen MR) is 110 cm³/mol. The van der Waals surface area contributed by atoms with Crippen molar-refractivity contribution >= 4 is 22.0 Å². The number of carbonyl (C=O) groups excluding carboxylic acids is 2. The Morgan fingerprint density at radius 2 is 1.58 bits per heavy atom. The van der Waals surface area contributed by atoms with Crippen molar-refractivity contribution in [3.05, 3.63) is 65.7 Å². The molecule has 1 saturated heterocycles. The number of esters is 2. The van der Waals surface area contributed by atoms with Gasteiger partial charge in [-0.25, -0.2) is 13.2 Å². The zero-order valence-corrected chi connectivity index (χ0v) is 18.4. The van der Waals surface area contributed by atoms with Crippen molar-refractivity contribution in [2.45, 2.75) is 30.0 Å². The molecule has 7 nitrogen and oxygen atoms in total. The molecule has 0 N–H and O–H groups in total. The highest BCUT2D eigenvalue weighted by Gasteiger charge is 2.40. The molecular formula is C22H22F3NO6S. The standard InChI is InChI=1S/C22H22F3NO6S/c1-31-21(28)19(15-7-3-2-4-8-15)32-20(27)16-11-13-26(14-12-16)33(29,30)18-10-6-5-9-17(18)22(23,24)25/h2-10,16,19H,11-14H2,1H3. The van der Waals surface area contributed by atoms with Crippen LogP contribution in [-0.4, -0.2) is 44.9 Å². The maximum atomic E-state index is 13.3. The van der Waals surface area contributed by atoms with E-state index in [2.05, 4.69) is 0 Å². The van der Waals surface area contributed by atoms with Crippen molar-refractivity contribution in [3.63, 3.8) is 0 Å². The Hall–Kier alpha value is -2.92. The third-order valence-corrected chi connectivity index (χ3v) is 7.31. The second-order valence-corrected chi connectivity index (χ2v) is 9.33. The van der Waals surface area contributed by atoms with Crippen molar-refractivity contribution in [2.75, 3.05) is 20.2 Å². The van der Waals surface area contributed by atoms with Gasteiger partial charge in [0.1, 0.15) is 0 Å². The first kappa shape index (κ1) is 24.7. The largest absolute Gasteiger partial charge is 0.466 e. The summed E-state index contributed by atoms with van der Waals surface area (Å²) in [5.74, 6) is -2.19. The van der Waals surface area contributed by atoms with Crippen LogP contribution in [0.4, 0.5) is 13.2 Å². The number of carbonyl (C=O) groups is 2. The predicted octanol–water partition coefficient (Wildman–Crippen LogP) is 3.56. The monoisotopic (exact) mass is 485 g/mol. The molecule has 3 rings (SSSR count). The van der Waals surface area contributed by atoms with Gasteiger partial charge in [0.2, 0.25) is 16.1 Å². The molecule has 178 valence electrons. The Labute approximate surface area is 189 Å². The third-order valence-electron chi connectivity index (χ3n) is 5.35. The Morgan fingerprint density at radius 1 is 1.00 bits per heavy atom. The van der Waals surface area contributed by atoms with Crippen LogP contribution in [0.5, 0.6) is 0 Å². The summed E-state index contributed by atoms with van der Waals surface area (Å²) in [5.41, 5.74) is -0.822. The summed E-state index contributed by atoms with van der Waals surface area (Å²) in [5, 5.41) is 0. The molecule has 1 aliphatic heterocycles. The maximum Gasteiger partial charge on any atom is 0.417 e. The first-order chi connectivity index (χ1) is 15.6. The fourth-order valence-electron chi connectivity index (χ4n) is 3.60. The molecule has 0 amide bonds. The van der Waals surface area contributed by atoms with Crippen LogP contribution in [0, 0.1) is 5.92 Å². The van der Waals surface area contributed by atoms with Crippen LogP contribution >= 0.6 is 0 Å². The molecule has 33 heavy (non-hydrogen) atoms.